The molecule has 0 aliphatic carbocycles. The molecule has 0 atom stereocenters. The molecule has 3 aromatic carbocycles. The van der Waals surface area contributed by atoms with E-state index in [9.17, 15) is 13.2 Å². The van der Waals surface area contributed by atoms with Crippen molar-refractivity contribution in [3.8, 4) is 17.0 Å². The Kier molecular flexibility index (Phi) is 7.83. The fourth-order valence-corrected chi connectivity index (χ4v) is 5.90. The summed E-state index contributed by atoms with van der Waals surface area (Å²) >= 11 is 1.32. The number of carbonyl (C=O) groups excluding carboxylic acids is 1. The van der Waals surface area contributed by atoms with E-state index in [-0.39, 0.29) is 17.3 Å². The summed E-state index contributed by atoms with van der Waals surface area (Å²) in [5, 5.41) is 5.13. The SMILES string of the molecule is CCN(Cc1ccccc1)S(=O)(=O)c1ccc(C(=O)Nc2nc(-c3ccc(OC)c(C)c3)cs2)cc1. The van der Waals surface area contributed by atoms with Crippen molar-refractivity contribution in [2.75, 3.05) is 19.0 Å². The Balaban J connectivity index is 1.45. The number of amides is 1. The molecule has 4 aromatic rings. The highest BCUT2D eigenvalue weighted by Gasteiger charge is 2.23. The number of aromatic nitrogens is 1. The number of methoxy groups -OCH3 is 1. The Morgan fingerprint density at radius 3 is 2.42 bits per heavy atom. The molecule has 0 saturated carbocycles. The van der Waals surface area contributed by atoms with Crippen molar-refractivity contribution in [1.82, 2.24) is 9.29 Å². The molecule has 1 N–H and O–H groups in total. The molecule has 0 spiro atoms. The van der Waals surface area contributed by atoms with Gasteiger partial charge >= 0.3 is 0 Å². The van der Waals surface area contributed by atoms with Crippen LogP contribution in [-0.4, -0.2) is 37.3 Å². The maximum Gasteiger partial charge on any atom is 0.257 e. The second kappa shape index (κ2) is 11.0. The van der Waals surface area contributed by atoms with E-state index in [0.717, 1.165) is 28.1 Å². The molecule has 0 radical (unpaired) electrons. The zero-order valence-corrected chi connectivity index (χ0v) is 21.9. The van der Waals surface area contributed by atoms with Gasteiger partial charge in [0.1, 0.15) is 5.75 Å². The fraction of sp³-hybridized carbons (Fsp3) is 0.185. The lowest BCUT2D eigenvalue weighted by Crippen LogP contribution is -2.30. The van der Waals surface area contributed by atoms with Crippen LogP contribution in [0.2, 0.25) is 0 Å². The second-order valence-corrected chi connectivity index (χ2v) is 10.9. The van der Waals surface area contributed by atoms with Gasteiger partial charge in [-0.1, -0.05) is 37.3 Å². The number of ether oxygens (including phenoxy) is 1. The minimum absolute atomic E-state index is 0.142. The molecule has 0 saturated heterocycles. The standard InChI is InChI=1S/C27H27N3O4S2/c1-4-30(17-20-8-6-5-7-9-20)36(32,33)23-13-10-21(11-14-23)26(31)29-27-28-24(18-35-27)22-12-15-25(34-3)19(2)16-22/h5-16,18H,4,17H2,1-3H3,(H,28,29,31). The van der Waals surface area contributed by atoms with Gasteiger partial charge < -0.3 is 4.74 Å². The van der Waals surface area contributed by atoms with Gasteiger partial charge in [-0.2, -0.15) is 4.31 Å². The van der Waals surface area contributed by atoms with Gasteiger partial charge in [0.2, 0.25) is 10.0 Å². The Hall–Kier alpha value is -3.53. The van der Waals surface area contributed by atoms with Crippen LogP contribution in [0.15, 0.2) is 83.1 Å². The second-order valence-electron chi connectivity index (χ2n) is 8.12. The maximum atomic E-state index is 13.2. The molecule has 0 aliphatic heterocycles. The lowest BCUT2D eigenvalue weighted by molar-refractivity contribution is 0.102. The minimum Gasteiger partial charge on any atom is -0.496 e. The highest BCUT2D eigenvalue weighted by molar-refractivity contribution is 7.89. The zero-order chi connectivity index (χ0) is 25.7. The largest absolute Gasteiger partial charge is 0.496 e. The number of hydrogen-bond donors (Lipinski definition) is 1. The van der Waals surface area contributed by atoms with Crippen molar-refractivity contribution >= 4 is 32.4 Å². The van der Waals surface area contributed by atoms with Crippen LogP contribution in [-0.2, 0) is 16.6 Å². The third-order valence-electron chi connectivity index (χ3n) is 5.72. The van der Waals surface area contributed by atoms with Crippen LogP contribution in [0, 0.1) is 6.92 Å². The van der Waals surface area contributed by atoms with E-state index in [1.807, 2.05) is 60.8 Å². The minimum atomic E-state index is -3.70. The Labute approximate surface area is 215 Å². The summed E-state index contributed by atoms with van der Waals surface area (Å²) in [5.41, 5.74) is 3.92. The lowest BCUT2D eigenvalue weighted by Gasteiger charge is -2.20. The van der Waals surface area contributed by atoms with Gasteiger partial charge in [0.25, 0.3) is 5.91 Å². The van der Waals surface area contributed by atoms with E-state index < -0.39 is 10.0 Å². The number of nitrogens with one attached hydrogen (secondary N) is 1. The van der Waals surface area contributed by atoms with Crippen LogP contribution in [0.4, 0.5) is 5.13 Å². The van der Waals surface area contributed by atoms with Gasteiger partial charge in [0.05, 0.1) is 17.7 Å². The van der Waals surface area contributed by atoms with Gasteiger partial charge in [0, 0.05) is 29.6 Å². The summed E-state index contributed by atoms with van der Waals surface area (Å²) in [6, 6.07) is 21.2. The van der Waals surface area contributed by atoms with Crippen molar-refractivity contribution in [2.45, 2.75) is 25.3 Å². The first-order valence-corrected chi connectivity index (χ1v) is 13.7. The molecule has 186 valence electrons. The molecule has 0 aliphatic rings. The molecule has 7 nitrogen and oxygen atoms in total. The molecule has 1 heterocycles. The van der Waals surface area contributed by atoms with Crippen LogP contribution in [0.1, 0.15) is 28.4 Å². The van der Waals surface area contributed by atoms with Crippen molar-refractivity contribution in [1.29, 1.82) is 0 Å². The number of thiazole rings is 1. The summed E-state index contributed by atoms with van der Waals surface area (Å²) in [5.74, 6) is 0.442. The number of nitrogens with zero attached hydrogens (tertiary/aromatic N) is 2. The number of anilines is 1. The average molecular weight is 522 g/mol. The molecular formula is C27H27N3O4S2. The van der Waals surface area contributed by atoms with E-state index in [4.69, 9.17) is 4.74 Å². The fourth-order valence-electron chi connectivity index (χ4n) is 3.75. The highest BCUT2D eigenvalue weighted by atomic mass is 32.2. The molecule has 0 unspecified atom stereocenters. The highest BCUT2D eigenvalue weighted by Crippen LogP contribution is 2.29. The summed E-state index contributed by atoms with van der Waals surface area (Å²) in [6.07, 6.45) is 0. The summed E-state index contributed by atoms with van der Waals surface area (Å²) in [4.78, 5) is 17.4. The summed E-state index contributed by atoms with van der Waals surface area (Å²) < 4.78 is 33.0. The monoisotopic (exact) mass is 521 g/mol. The predicted molar refractivity (Wildman–Crippen MR) is 143 cm³/mol. The Bertz CT molecular complexity index is 1450. The molecule has 1 aromatic heterocycles. The van der Waals surface area contributed by atoms with E-state index in [1.54, 1.807) is 14.0 Å². The molecule has 0 bridgehead atoms. The van der Waals surface area contributed by atoms with Crippen molar-refractivity contribution in [2.24, 2.45) is 0 Å². The van der Waals surface area contributed by atoms with Gasteiger partial charge in [0.15, 0.2) is 5.13 Å². The number of sulfonamides is 1. The molecule has 0 fully saturated rings. The maximum absolute atomic E-state index is 13.2. The van der Waals surface area contributed by atoms with Crippen LogP contribution in [0.5, 0.6) is 5.75 Å². The third kappa shape index (κ3) is 5.64. The lowest BCUT2D eigenvalue weighted by atomic mass is 10.1. The van der Waals surface area contributed by atoms with E-state index in [0.29, 0.717) is 17.2 Å². The number of carbonyl (C=O) groups is 1. The first-order chi connectivity index (χ1) is 17.3. The first-order valence-electron chi connectivity index (χ1n) is 11.4. The third-order valence-corrected chi connectivity index (χ3v) is 8.42. The smallest absolute Gasteiger partial charge is 0.257 e. The summed E-state index contributed by atoms with van der Waals surface area (Å²) in [7, 11) is -2.07. The van der Waals surface area contributed by atoms with Gasteiger partial charge in [-0.15, -0.1) is 11.3 Å². The molecule has 1 amide bonds. The van der Waals surface area contributed by atoms with Gasteiger partial charge in [-0.05, 0) is 60.5 Å². The quantitative estimate of drug-likeness (QED) is 0.310. The number of aryl methyl sites for hydroxylation is 1. The van der Waals surface area contributed by atoms with Crippen LogP contribution in [0.25, 0.3) is 11.3 Å². The number of hydrogen-bond acceptors (Lipinski definition) is 6. The van der Waals surface area contributed by atoms with E-state index >= 15 is 0 Å². The molecule has 36 heavy (non-hydrogen) atoms. The van der Waals surface area contributed by atoms with E-state index in [2.05, 4.69) is 10.3 Å². The zero-order valence-electron chi connectivity index (χ0n) is 20.3. The molecular weight excluding hydrogens is 494 g/mol. The van der Waals surface area contributed by atoms with Crippen molar-refractivity contribution in [3.05, 3.63) is 94.9 Å². The average Bonchev–Trinajstić information content (AvgIpc) is 3.36. The van der Waals surface area contributed by atoms with Crippen LogP contribution in [0.3, 0.4) is 0 Å². The Morgan fingerprint density at radius 2 is 1.78 bits per heavy atom. The van der Waals surface area contributed by atoms with Gasteiger partial charge in [-0.3, -0.25) is 10.1 Å². The van der Waals surface area contributed by atoms with E-state index in [1.165, 1.54) is 39.9 Å². The van der Waals surface area contributed by atoms with Crippen LogP contribution < -0.4 is 10.1 Å². The topological polar surface area (TPSA) is 88.6 Å². The van der Waals surface area contributed by atoms with Crippen molar-refractivity contribution in [3.63, 3.8) is 0 Å². The molecule has 4 rings (SSSR count). The Morgan fingerprint density at radius 1 is 1.06 bits per heavy atom. The van der Waals surface area contributed by atoms with Gasteiger partial charge in [-0.25, -0.2) is 13.4 Å². The number of rotatable bonds is 9. The van der Waals surface area contributed by atoms with Crippen molar-refractivity contribution < 1.29 is 17.9 Å². The number of benzene rings is 3. The molecule has 9 heteroatoms. The normalized spacial score (nSPS) is 11.4. The summed E-state index contributed by atoms with van der Waals surface area (Å²) in [6.45, 7) is 4.38. The first kappa shape index (κ1) is 25.6. The van der Waals surface area contributed by atoms with Crippen LogP contribution >= 0.6 is 11.3 Å². The predicted octanol–water partition coefficient (Wildman–Crippen LogP) is 5.59.